The van der Waals surface area contributed by atoms with E-state index in [-0.39, 0.29) is 0 Å². The summed E-state index contributed by atoms with van der Waals surface area (Å²) in [7, 11) is 3.14. The maximum Gasteiger partial charge on any atom is 0.320 e. The van der Waals surface area contributed by atoms with Crippen molar-refractivity contribution in [1.82, 2.24) is 0 Å². The minimum Gasteiger partial charge on any atom is -0.495 e. The van der Waals surface area contributed by atoms with Crippen molar-refractivity contribution in [3.8, 4) is 5.75 Å². The lowest BCUT2D eigenvalue weighted by atomic mass is 10.3. The van der Waals surface area contributed by atoms with Gasteiger partial charge in [-0.1, -0.05) is 12.1 Å². The highest BCUT2D eigenvalue weighted by molar-refractivity contribution is 6.66. The fourth-order valence-corrected chi connectivity index (χ4v) is 1.09. The minimum absolute atomic E-state index is 0.537. The van der Waals surface area contributed by atoms with E-state index in [1.165, 1.54) is 4.90 Å². The highest BCUT2D eigenvalue weighted by Crippen LogP contribution is 2.27. The predicted octanol–water partition coefficient (Wildman–Crippen LogP) is 2.49. The number of anilines is 1. The molecule has 0 atom stereocenters. The van der Waals surface area contributed by atoms with Crippen LogP contribution in [0.2, 0.25) is 0 Å². The third kappa shape index (κ3) is 2.12. The number of hydrogen-bond acceptors (Lipinski definition) is 2. The zero-order valence-corrected chi connectivity index (χ0v) is 8.21. The van der Waals surface area contributed by atoms with Crippen molar-refractivity contribution < 1.29 is 9.53 Å². The van der Waals surface area contributed by atoms with Crippen molar-refractivity contribution in [3.63, 3.8) is 0 Å². The summed E-state index contributed by atoms with van der Waals surface area (Å²) in [4.78, 5) is 12.2. The third-order valence-electron chi connectivity index (χ3n) is 1.71. The minimum atomic E-state index is -0.537. The lowest BCUT2D eigenvalue weighted by Crippen LogP contribution is -2.19. The quantitative estimate of drug-likeness (QED) is 0.541. The van der Waals surface area contributed by atoms with Crippen molar-refractivity contribution in [2.24, 2.45) is 0 Å². The van der Waals surface area contributed by atoms with Crippen molar-refractivity contribution in [2.45, 2.75) is 0 Å². The van der Waals surface area contributed by atoms with E-state index in [0.29, 0.717) is 11.4 Å². The second kappa shape index (κ2) is 4.14. The zero-order chi connectivity index (χ0) is 9.84. The Kier molecular flexibility index (Phi) is 3.14. The highest BCUT2D eigenvalue weighted by atomic mass is 35.5. The van der Waals surface area contributed by atoms with Gasteiger partial charge in [-0.2, -0.15) is 0 Å². The molecule has 0 spiro atoms. The molecule has 1 aromatic rings. The lowest BCUT2D eigenvalue weighted by Gasteiger charge is -2.16. The molecule has 0 N–H and O–H groups in total. The van der Waals surface area contributed by atoms with Crippen LogP contribution in [0.4, 0.5) is 10.5 Å². The molecule has 0 bridgehead atoms. The monoisotopic (exact) mass is 199 g/mol. The van der Waals surface area contributed by atoms with E-state index in [1.807, 2.05) is 12.1 Å². The summed E-state index contributed by atoms with van der Waals surface area (Å²) < 4.78 is 5.06. The van der Waals surface area contributed by atoms with E-state index in [4.69, 9.17) is 16.3 Å². The number of amides is 1. The smallest absolute Gasteiger partial charge is 0.320 e. The molecule has 0 heterocycles. The second-order valence-corrected chi connectivity index (χ2v) is 2.81. The molecule has 0 radical (unpaired) electrons. The third-order valence-corrected chi connectivity index (χ3v) is 1.96. The van der Waals surface area contributed by atoms with Gasteiger partial charge in [0.1, 0.15) is 5.75 Å². The van der Waals surface area contributed by atoms with E-state index >= 15 is 0 Å². The lowest BCUT2D eigenvalue weighted by molar-refractivity contribution is 0.265. The van der Waals surface area contributed by atoms with E-state index in [1.54, 1.807) is 26.3 Å². The van der Waals surface area contributed by atoms with Crippen molar-refractivity contribution in [2.75, 3.05) is 19.1 Å². The molecule has 0 aliphatic rings. The van der Waals surface area contributed by atoms with Gasteiger partial charge in [-0.05, 0) is 23.7 Å². The Labute approximate surface area is 81.9 Å². The van der Waals surface area contributed by atoms with Crippen LogP contribution < -0.4 is 9.64 Å². The van der Waals surface area contributed by atoms with Crippen molar-refractivity contribution >= 4 is 22.7 Å². The number of carbonyl (C=O) groups excluding carboxylic acids is 1. The van der Waals surface area contributed by atoms with Crippen LogP contribution in [0.15, 0.2) is 24.3 Å². The molecular formula is C9H10ClNO2. The van der Waals surface area contributed by atoms with Gasteiger partial charge in [0.05, 0.1) is 12.8 Å². The number of rotatable bonds is 2. The summed E-state index contributed by atoms with van der Waals surface area (Å²) in [5.41, 5.74) is 0.657. The number of benzene rings is 1. The summed E-state index contributed by atoms with van der Waals surface area (Å²) >= 11 is 5.32. The Morgan fingerprint density at radius 1 is 1.46 bits per heavy atom. The van der Waals surface area contributed by atoms with Crippen molar-refractivity contribution in [1.29, 1.82) is 0 Å². The van der Waals surface area contributed by atoms with Gasteiger partial charge in [0.2, 0.25) is 0 Å². The molecule has 0 unspecified atom stereocenters. The van der Waals surface area contributed by atoms with E-state index in [0.717, 1.165) is 0 Å². The van der Waals surface area contributed by atoms with Gasteiger partial charge in [0, 0.05) is 7.05 Å². The first-order valence-electron chi connectivity index (χ1n) is 3.73. The molecule has 4 heteroatoms. The molecule has 0 aliphatic carbocycles. The highest BCUT2D eigenvalue weighted by Gasteiger charge is 2.11. The topological polar surface area (TPSA) is 29.5 Å². The second-order valence-electron chi connectivity index (χ2n) is 2.48. The van der Waals surface area contributed by atoms with Gasteiger partial charge in [-0.25, -0.2) is 0 Å². The summed E-state index contributed by atoms with van der Waals surface area (Å²) in [5, 5.41) is -0.537. The first-order valence-corrected chi connectivity index (χ1v) is 4.11. The van der Waals surface area contributed by atoms with Crippen LogP contribution in [0.25, 0.3) is 0 Å². The average molecular weight is 200 g/mol. The molecule has 13 heavy (non-hydrogen) atoms. The Morgan fingerprint density at radius 3 is 2.62 bits per heavy atom. The summed E-state index contributed by atoms with van der Waals surface area (Å²) in [6.07, 6.45) is 0. The number of nitrogens with zero attached hydrogens (tertiary/aromatic N) is 1. The van der Waals surface area contributed by atoms with Crippen molar-refractivity contribution in [3.05, 3.63) is 24.3 Å². The Morgan fingerprint density at radius 2 is 2.08 bits per heavy atom. The van der Waals surface area contributed by atoms with Gasteiger partial charge < -0.3 is 4.74 Å². The van der Waals surface area contributed by atoms with Gasteiger partial charge in [-0.15, -0.1) is 0 Å². The number of ether oxygens (including phenoxy) is 1. The van der Waals surface area contributed by atoms with Gasteiger partial charge in [-0.3, -0.25) is 9.69 Å². The molecule has 0 aliphatic heterocycles. The molecule has 0 fully saturated rings. The number of carbonyl (C=O) groups is 1. The molecule has 0 saturated carbocycles. The van der Waals surface area contributed by atoms with Crippen LogP contribution in [-0.4, -0.2) is 19.5 Å². The standard InChI is InChI=1S/C9H10ClNO2/c1-11(9(10)12)7-5-3-4-6-8(7)13-2/h3-6H,1-2H3. The summed E-state index contributed by atoms with van der Waals surface area (Å²) in [6.45, 7) is 0. The molecule has 1 amide bonds. The molecule has 0 saturated heterocycles. The van der Waals surface area contributed by atoms with E-state index < -0.39 is 5.37 Å². The van der Waals surface area contributed by atoms with Crippen LogP contribution >= 0.6 is 11.6 Å². The molecule has 3 nitrogen and oxygen atoms in total. The maximum atomic E-state index is 10.8. The average Bonchev–Trinajstić information content (AvgIpc) is 2.16. The SMILES string of the molecule is COc1ccccc1N(C)C(=O)Cl. The number of para-hydroxylation sites is 2. The fourth-order valence-electron chi connectivity index (χ4n) is 1.00. The largest absolute Gasteiger partial charge is 0.495 e. The summed E-state index contributed by atoms with van der Waals surface area (Å²) in [6, 6.07) is 7.17. The first-order chi connectivity index (χ1) is 6.16. The van der Waals surface area contributed by atoms with Gasteiger partial charge >= 0.3 is 5.37 Å². The fraction of sp³-hybridized carbons (Fsp3) is 0.222. The number of halogens is 1. The predicted molar refractivity (Wildman–Crippen MR) is 52.6 cm³/mol. The van der Waals surface area contributed by atoms with Crippen LogP contribution in [-0.2, 0) is 0 Å². The number of methoxy groups -OCH3 is 1. The molecule has 1 aromatic carbocycles. The van der Waals surface area contributed by atoms with Gasteiger partial charge in [0.15, 0.2) is 0 Å². The molecular weight excluding hydrogens is 190 g/mol. The maximum absolute atomic E-state index is 10.8. The Bertz CT molecular complexity index is 314. The van der Waals surface area contributed by atoms with E-state index in [9.17, 15) is 4.79 Å². The normalized spacial score (nSPS) is 9.46. The van der Waals surface area contributed by atoms with E-state index in [2.05, 4.69) is 0 Å². The molecule has 1 rings (SSSR count). The number of hydrogen-bond donors (Lipinski definition) is 0. The van der Waals surface area contributed by atoms with Crippen LogP contribution in [0.5, 0.6) is 5.75 Å². The Balaban J connectivity index is 3.05. The summed E-state index contributed by atoms with van der Waals surface area (Å²) in [5.74, 6) is 0.624. The molecule has 70 valence electrons. The van der Waals surface area contributed by atoms with Crippen LogP contribution in [0.1, 0.15) is 0 Å². The van der Waals surface area contributed by atoms with Crippen LogP contribution in [0.3, 0.4) is 0 Å². The van der Waals surface area contributed by atoms with Crippen LogP contribution in [0, 0.1) is 0 Å². The molecule has 0 aromatic heterocycles. The zero-order valence-electron chi connectivity index (χ0n) is 7.45. The Hall–Kier alpha value is -1.22. The first kappa shape index (κ1) is 9.86. The van der Waals surface area contributed by atoms with Gasteiger partial charge in [0.25, 0.3) is 0 Å².